The van der Waals surface area contributed by atoms with Crippen molar-refractivity contribution in [1.82, 2.24) is 0 Å². The van der Waals surface area contributed by atoms with Crippen LogP contribution in [0.4, 0.5) is 0 Å². The van der Waals surface area contributed by atoms with E-state index >= 15 is 0 Å². The molecule has 198 valence electrons. The van der Waals surface area contributed by atoms with Gasteiger partial charge < -0.3 is 4.74 Å². The van der Waals surface area contributed by atoms with E-state index in [0.29, 0.717) is 0 Å². The van der Waals surface area contributed by atoms with Crippen molar-refractivity contribution < 1.29 is 4.74 Å². The zero-order chi connectivity index (χ0) is 28.0. The maximum atomic E-state index is 6.64. The van der Waals surface area contributed by atoms with Gasteiger partial charge in [0, 0.05) is 16.4 Å². The fourth-order valence-electron chi connectivity index (χ4n) is 7.33. The average molecular weight is 537 g/mol. The molecular formula is C41H28O. The third kappa shape index (κ3) is 3.25. The minimum absolute atomic E-state index is 0.0185. The highest BCUT2D eigenvalue weighted by molar-refractivity contribution is 6.16. The van der Waals surface area contributed by atoms with Crippen LogP contribution in [-0.4, -0.2) is 0 Å². The van der Waals surface area contributed by atoms with Gasteiger partial charge in [0.05, 0.1) is 0 Å². The van der Waals surface area contributed by atoms with E-state index in [-0.39, 0.29) is 5.41 Å². The lowest BCUT2D eigenvalue weighted by Crippen LogP contribution is -2.14. The molecule has 2 aliphatic rings. The first-order valence-electron chi connectivity index (χ1n) is 14.7. The van der Waals surface area contributed by atoms with E-state index in [1.165, 1.54) is 66.1 Å². The molecular weight excluding hydrogens is 508 g/mol. The summed E-state index contributed by atoms with van der Waals surface area (Å²) >= 11 is 0. The van der Waals surface area contributed by atoms with Gasteiger partial charge in [-0.25, -0.2) is 0 Å². The highest BCUT2D eigenvalue weighted by atomic mass is 16.5. The first kappa shape index (κ1) is 23.6. The molecule has 0 unspecified atom stereocenters. The Balaban J connectivity index is 1.14. The molecule has 0 fully saturated rings. The van der Waals surface area contributed by atoms with Gasteiger partial charge >= 0.3 is 0 Å². The van der Waals surface area contributed by atoms with E-state index in [0.717, 1.165) is 22.6 Å². The lowest BCUT2D eigenvalue weighted by molar-refractivity contribution is 0.488. The van der Waals surface area contributed by atoms with Crippen molar-refractivity contribution in [1.29, 1.82) is 0 Å². The summed E-state index contributed by atoms with van der Waals surface area (Å²) in [5, 5.41) is 4.89. The van der Waals surface area contributed by atoms with Crippen LogP contribution in [0.25, 0.3) is 66.1 Å². The van der Waals surface area contributed by atoms with Crippen LogP contribution < -0.4 is 4.74 Å². The number of hydrogen-bond donors (Lipinski definition) is 0. The molecule has 1 aliphatic heterocycles. The van der Waals surface area contributed by atoms with E-state index in [4.69, 9.17) is 4.74 Å². The SMILES string of the molecule is CC1(C)c2ccccc2-c2cc(-c3cccc(-c4ccc5c(c4)Oc4cc6ccccc6c6cccc-5c46)c3)ccc21. The summed E-state index contributed by atoms with van der Waals surface area (Å²) in [4.78, 5) is 0. The molecule has 1 heterocycles. The summed E-state index contributed by atoms with van der Waals surface area (Å²) in [6, 6.07) is 48.7. The Morgan fingerprint density at radius 1 is 0.429 bits per heavy atom. The van der Waals surface area contributed by atoms with Gasteiger partial charge in [0.15, 0.2) is 0 Å². The highest BCUT2D eigenvalue weighted by Crippen LogP contribution is 2.51. The van der Waals surface area contributed by atoms with E-state index < -0.39 is 0 Å². The zero-order valence-electron chi connectivity index (χ0n) is 23.6. The van der Waals surface area contributed by atoms with Gasteiger partial charge in [0.1, 0.15) is 11.5 Å². The van der Waals surface area contributed by atoms with Crippen molar-refractivity contribution in [2.45, 2.75) is 19.3 Å². The molecule has 0 N–H and O–H groups in total. The Morgan fingerprint density at radius 3 is 2.00 bits per heavy atom. The second-order valence-corrected chi connectivity index (χ2v) is 12.1. The van der Waals surface area contributed by atoms with Crippen LogP contribution in [0.15, 0.2) is 133 Å². The summed E-state index contributed by atoms with van der Waals surface area (Å²) in [5.41, 5.74) is 12.7. The molecule has 1 aliphatic carbocycles. The van der Waals surface area contributed by atoms with Crippen molar-refractivity contribution in [2.24, 2.45) is 0 Å². The Kier molecular flexibility index (Phi) is 4.73. The third-order valence-electron chi connectivity index (χ3n) is 9.45. The van der Waals surface area contributed by atoms with Gasteiger partial charge in [-0.2, -0.15) is 0 Å². The van der Waals surface area contributed by atoms with E-state index in [2.05, 4.69) is 147 Å². The number of hydrogen-bond acceptors (Lipinski definition) is 1. The van der Waals surface area contributed by atoms with Gasteiger partial charge in [-0.1, -0.05) is 117 Å². The number of fused-ring (bicyclic) bond motifs is 7. The first-order valence-corrected chi connectivity index (χ1v) is 14.7. The standard InChI is InChI=1S/C41H28O/c1-41(2)36-16-6-5-13-31(36)35-22-27(18-20-37(35)41)25-10-7-11-26(21-25)28-17-19-32-34-15-8-14-33-30-12-4-3-9-29(30)24-39(40(33)34)42-38(32)23-28/h3-24H,1-2H3. The van der Waals surface area contributed by atoms with Gasteiger partial charge in [0.25, 0.3) is 0 Å². The molecule has 0 saturated heterocycles. The predicted octanol–water partition coefficient (Wildman–Crippen LogP) is 11.4. The molecule has 42 heavy (non-hydrogen) atoms. The third-order valence-corrected chi connectivity index (χ3v) is 9.45. The number of ether oxygens (including phenoxy) is 1. The van der Waals surface area contributed by atoms with Crippen LogP contribution in [0.3, 0.4) is 0 Å². The van der Waals surface area contributed by atoms with Crippen molar-refractivity contribution in [3.8, 4) is 56.0 Å². The van der Waals surface area contributed by atoms with Crippen molar-refractivity contribution >= 4 is 21.5 Å². The molecule has 0 bridgehead atoms. The Morgan fingerprint density at radius 2 is 1.10 bits per heavy atom. The first-order chi connectivity index (χ1) is 20.6. The fourth-order valence-corrected chi connectivity index (χ4v) is 7.33. The Labute approximate surface area is 245 Å². The summed E-state index contributed by atoms with van der Waals surface area (Å²) < 4.78 is 6.64. The predicted molar refractivity (Wildman–Crippen MR) is 175 cm³/mol. The molecule has 7 aromatic rings. The minimum Gasteiger partial charge on any atom is -0.456 e. The fraction of sp³-hybridized carbons (Fsp3) is 0.0732. The lowest BCUT2D eigenvalue weighted by Gasteiger charge is -2.23. The summed E-state index contributed by atoms with van der Waals surface area (Å²) in [6.07, 6.45) is 0. The molecule has 0 spiro atoms. The van der Waals surface area contributed by atoms with Crippen molar-refractivity contribution in [2.75, 3.05) is 0 Å². The van der Waals surface area contributed by atoms with Crippen LogP contribution >= 0.6 is 0 Å². The normalized spacial score (nSPS) is 13.9. The van der Waals surface area contributed by atoms with Gasteiger partial charge in [-0.3, -0.25) is 0 Å². The summed E-state index contributed by atoms with van der Waals surface area (Å²) in [5.74, 6) is 1.84. The van der Waals surface area contributed by atoms with E-state index in [1.54, 1.807) is 0 Å². The maximum Gasteiger partial charge on any atom is 0.136 e. The number of benzene rings is 7. The Bertz CT molecular complexity index is 2250. The van der Waals surface area contributed by atoms with Gasteiger partial charge in [0.2, 0.25) is 0 Å². The summed E-state index contributed by atoms with van der Waals surface area (Å²) in [7, 11) is 0. The zero-order valence-corrected chi connectivity index (χ0v) is 23.6. The molecule has 7 aromatic carbocycles. The van der Waals surface area contributed by atoms with Crippen molar-refractivity contribution in [3.05, 3.63) is 145 Å². The van der Waals surface area contributed by atoms with Crippen LogP contribution in [0.2, 0.25) is 0 Å². The molecule has 0 radical (unpaired) electrons. The van der Waals surface area contributed by atoms with E-state index in [9.17, 15) is 0 Å². The quantitative estimate of drug-likeness (QED) is 0.200. The smallest absolute Gasteiger partial charge is 0.136 e. The van der Waals surface area contributed by atoms with Crippen LogP contribution in [-0.2, 0) is 5.41 Å². The molecule has 0 aromatic heterocycles. The monoisotopic (exact) mass is 536 g/mol. The molecule has 0 amide bonds. The minimum atomic E-state index is 0.0185. The molecule has 0 saturated carbocycles. The number of rotatable bonds is 2. The van der Waals surface area contributed by atoms with Crippen LogP contribution in [0.1, 0.15) is 25.0 Å². The van der Waals surface area contributed by atoms with Crippen LogP contribution in [0, 0.1) is 0 Å². The maximum absolute atomic E-state index is 6.64. The molecule has 0 atom stereocenters. The lowest BCUT2D eigenvalue weighted by atomic mass is 9.82. The highest BCUT2D eigenvalue weighted by Gasteiger charge is 2.35. The largest absolute Gasteiger partial charge is 0.456 e. The van der Waals surface area contributed by atoms with E-state index in [1.807, 2.05) is 0 Å². The van der Waals surface area contributed by atoms with Gasteiger partial charge in [-0.15, -0.1) is 0 Å². The summed E-state index contributed by atoms with van der Waals surface area (Å²) in [6.45, 7) is 4.66. The Hall–Kier alpha value is -5.14. The second-order valence-electron chi connectivity index (χ2n) is 12.1. The second kappa shape index (κ2) is 8.44. The van der Waals surface area contributed by atoms with Gasteiger partial charge in [-0.05, 0) is 96.6 Å². The average Bonchev–Trinajstić information content (AvgIpc) is 3.27. The molecule has 9 rings (SSSR count). The van der Waals surface area contributed by atoms with Crippen LogP contribution in [0.5, 0.6) is 11.5 Å². The van der Waals surface area contributed by atoms with Crippen molar-refractivity contribution in [3.63, 3.8) is 0 Å². The topological polar surface area (TPSA) is 9.23 Å². The molecule has 1 nitrogen and oxygen atoms in total. The molecule has 1 heteroatoms.